The Labute approximate surface area is 149 Å². The van der Waals surface area contributed by atoms with Gasteiger partial charge < -0.3 is 9.73 Å². The molecule has 0 aliphatic rings. The number of para-hydroxylation sites is 1. The molecule has 0 aliphatic heterocycles. The lowest BCUT2D eigenvalue weighted by atomic mass is 10.1. The maximum atomic E-state index is 12.0. The molecule has 0 unspecified atom stereocenters. The lowest BCUT2D eigenvalue weighted by Gasteiger charge is -2.01. The number of amides is 1. The summed E-state index contributed by atoms with van der Waals surface area (Å²) in [5.41, 5.74) is 2.16. The van der Waals surface area contributed by atoms with E-state index in [9.17, 15) is 14.9 Å². The number of aryl methyl sites for hydroxylation is 1. The SMILES string of the molecule is Cc1ccc(NC(=O)C=Cc2ccc(-c3ccccc3[N+](=O)[O-])o2)cc1. The van der Waals surface area contributed by atoms with Gasteiger partial charge in [0.2, 0.25) is 5.91 Å². The summed E-state index contributed by atoms with van der Waals surface area (Å²) in [5.74, 6) is 0.505. The highest BCUT2D eigenvalue weighted by Crippen LogP contribution is 2.31. The Kier molecular flexibility index (Phi) is 4.94. The fourth-order valence-electron chi connectivity index (χ4n) is 2.41. The number of anilines is 1. The maximum absolute atomic E-state index is 12.0. The molecule has 1 aromatic heterocycles. The molecule has 1 N–H and O–H groups in total. The summed E-state index contributed by atoms with van der Waals surface area (Å²) in [6.07, 6.45) is 2.86. The number of carbonyl (C=O) groups excluding carboxylic acids is 1. The second kappa shape index (κ2) is 7.48. The van der Waals surface area contributed by atoms with Crippen molar-refractivity contribution < 1.29 is 14.1 Å². The molecule has 2 aromatic carbocycles. The molecular weight excluding hydrogens is 332 g/mol. The van der Waals surface area contributed by atoms with Crippen LogP contribution in [0.1, 0.15) is 11.3 Å². The van der Waals surface area contributed by atoms with Crippen molar-refractivity contribution in [2.75, 3.05) is 5.32 Å². The van der Waals surface area contributed by atoms with Gasteiger partial charge in [0.1, 0.15) is 11.5 Å². The number of nitro groups is 1. The van der Waals surface area contributed by atoms with Crippen LogP contribution in [0.5, 0.6) is 0 Å². The zero-order valence-corrected chi connectivity index (χ0v) is 14.0. The van der Waals surface area contributed by atoms with Crippen LogP contribution in [0.3, 0.4) is 0 Å². The Morgan fingerprint density at radius 1 is 1.08 bits per heavy atom. The minimum atomic E-state index is -0.456. The van der Waals surface area contributed by atoms with E-state index in [1.807, 2.05) is 31.2 Å². The molecule has 0 fully saturated rings. The third-order valence-electron chi connectivity index (χ3n) is 3.71. The van der Waals surface area contributed by atoms with E-state index in [1.165, 1.54) is 18.2 Å². The molecule has 0 saturated heterocycles. The van der Waals surface area contributed by atoms with Crippen LogP contribution in [0.15, 0.2) is 71.2 Å². The van der Waals surface area contributed by atoms with Gasteiger partial charge in [-0.25, -0.2) is 0 Å². The first-order chi connectivity index (χ1) is 12.5. The molecule has 0 radical (unpaired) electrons. The summed E-state index contributed by atoms with van der Waals surface area (Å²) in [4.78, 5) is 22.6. The number of rotatable bonds is 5. The molecule has 6 heteroatoms. The van der Waals surface area contributed by atoms with E-state index in [0.29, 0.717) is 22.8 Å². The molecule has 6 nitrogen and oxygen atoms in total. The molecule has 0 aliphatic carbocycles. The van der Waals surface area contributed by atoms with Crippen LogP contribution < -0.4 is 5.32 Å². The Bertz CT molecular complexity index is 971. The summed E-state index contributed by atoms with van der Waals surface area (Å²) in [6.45, 7) is 1.97. The lowest BCUT2D eigenvalue weighted by Crippen LogP contribution is -2.07. The van der Waals surface area contributed by atoms with Gasteiger partial charge >= 0.3 is 0 Å². The van der Waals surface area contributed by atoms with Crippen LogP contribution in [-0.4, -0.2) is 10.8 Å². The minimum Gasteiger partial charge on any atom is -0.456 e. The first-order valence-electron chi connectivity index (χ1n) is 7.92. The average Bonchev–Trinajstić information content (AvgIpc) is 3.11. The van der Waals surface area contributed by atoms with Gasteiger partial charge in [0.25, 0.3) is 5.69 Å². The number of benzene rings is 2. The van der Waals surface area contributed by atoms with E-state index in [-0.39, 0.29) is 11.6 Å². The van der Waals surface area contributed by atoms with E-state index in [2.05, 4.69) is 5.32 Å². The Hall–Kier alpha value is -3.67. The molecule has 3 rings (SSSR count). The second-order valence-electron chi connectivity index (χ2n) is 5.66. The number of hydrogen-bond acceptors (Lipinski definition) is 4. The molecule has 1 amide bonds. The quantitative estimate of drug-likeness (QED) is 0.407. The van der Waals surface area contributed by atoms with Crippen molar-refractivity contribution in [1.29, 1.82) is 0 Å². The monoisotopic (exact) mass is 348 g/mol. The topological polar surface area (TPSA) is 85.4 Å². The summed E-state index contributed by atoms with van der Waals surface area (Å²) < 4.78 is 5.61. The average molecular weight is 348 g/mol. The number of nitrogens with one attached hydrogen (secondary N) is 1. The van der Waals surface area contributed by atoms with Gasteiger partial charge in [0.15, 0.2) is 0 Å². The molecule has 26 heavy (non-hydrogen) atoms. The van der Waals surface area contributed by atoms with E-state index in [1.54, 1.807) is 30.3 Å². The van der Waals surface area contributed by atoms with Gasteiger partial charge in [0.05, 0.1) is 10.5 Å². The third kappa shape index (κ3) is 4.05. The molecule has 130 valence electrons. The predicted molar refractivity (Wildman–Crippen MR) is 99.6 cm³/mol. The van der Waals surface area contributed by atoms with Gasteiger partial charge in [-0.2, -0.15) is 0 Å². The van der Waals surface area contributed by atoms with Crippen molar-refractivity contribution in [1.82, 2.24) is 0 Å². The van der Waals surface area contributed by atoms with E-state index in [0.717, 1.165) is 5.56 Å². The van der Waals surface area contributed by atoms with Crippen LogP contribution in [-0.2, 0) is 4.79 Å². The molecular formula is C20H16N2O4. The van der Waals surface area contributed by atoms with Gasteiger partial charge in [-0.15, -0.1) is 0 Å². The largest absolute Gasteiger partial charge is 0.456 e. The summed E-state index contributed by atoms with van der Waals surface area (Å²) in [5, 5.41) is 13.9. The summed E-state index contributed by atoms with van der Waals surface area (Å²) >= 11 is 0. The van der Waals surface area contributed by atoms with Crippen molar-refractivity contribution in [3.63, 3.8) is 0 Å². The number of nitrogens with zero attached hydrogens (tertiary/aromatic N) is 1. The molecule has 0 spiro atoms. The van der Waals surface area contributed by atoms with Gasteiger partial charge in [-0.05, 0) is 43.3 Å². The van der Waals surface area contributed by atoms with Crippen LogP contribution in [0.4, 0.5) is 11.4 Å². The number of hydrogen-bond donors (Lipinski definition) is 1. The van der Waals surface area contributed by atoms with Gasteiger partial charge in [0, 0.05) is 17.8 Å². The lowest BCUT2D eigenvalue weighted by molar-refractivity contribution is -0.384. The Morgan fingerprint density at radius 2 is 1.81 bits per heavy atom. The Morgan fingerprint density at radius 3 is 2.54 bits per heavy atom. The van der Waals surface area contributed by atoms with Crippen molar-refractivity contribution >= 4 is 23.4 Å². The van der Waals surface area contributed by atoms with Crippen LogP contribution >= 0.6 is 0 Å². The zero-order valence-electron chi connectivity index (χ0n) is 14.0. The van der Waals surface area contributed by atoms with Crippen molar-refractivity contribution in [3.8, 4) is 11.3 Å². The van der Waals surface area contributed by atoms with E-state index >= 15 is 0 Å². The zero-order chi connectivity index (χ0) is 18.5. The Balaban J connectivity index is 1.72. The highest BCUT2D eigenvalue weighted by molar-refractivity contribution is 6.01. The summed E-state index contributed by atoms with van der Waals surface area (Å²) in [6, 6.07) is 17.1. The van der Waals surface area contributed by atoms with Crippen LogP contribution in [0, 0.1) is 17.0 Å². The first-order valence-corrected chi connectivity index (χ1v) is 7.92. The number of furan rings is 1. The molecule has 0 saturated carbocycles. The standard InChI is InChI=1S/C20H16N2O4/c1-14-6-8-15(9-7-14)21-20(23)13-11-16-10-12-19(26-16)17-4-2-3-5-18(17)22(24)25/h2-13H,1H3,(H,21,23). The minimum absolute atomic E-state index is 0.0329. The van der Waals surface area contributed by atoms with Crippen LogP contribution in [0.2, 0.25) is 0 Å². The summed E-state index contributed by atoms with van der Waals surface area (Å²) in [7, 11) is 0. The fourth-order valence-corrected chi connectivity index (χ4v) is 2.41. The third-order valence-corrected chi connectivity index (χ3v) is 3.71. The smallest absolute Gasteiger partial charge is 0.280 e. The molecule has 1 heterocycles. The van der Waals surface area contributed by atoms with E-state index < -0.39 is 4.92 Å². The number of nitro benzene ring substituents is 1. The fraction of sp³-hybridized carbons (Fsp3) is 0.0500. The highest BCUT2D eigenvalue weighted by Gasteiger charge is 2.16. The normalized spacial score (nSPS) is 10.8. The molecule has 3 aromatic rings. The highest BCUT2D eigenvalue weighted by atomic mass is 16.6. The van der Waals surface area contributed by atoms with Crippen molar-refractivity contribution in [2.24, 2.45) is 0 Å². The number of carbonyl (C=O) groups is 1. The molecule has 0 bridgehead atoms. The second-order valence-corrected chi connectivity index (χ2v) is 5.66. The first kappa shape index (κ1) is 17.2. The van der Waals surface area contributed by atoms with Crippen LogP contribution in [0.25, 0.3) is 17.4 Å². The maximum Gasteiger partial charge on any atom is 0.280 e. The molecule has 0 atom stereocenters. The van der Waals surface area contributed by atoms with Gasteiger partial charge in [-0.1, -0.05) is 29.8 Å². The van der Waals surface area contributed by atoms with E-state index in [4.69, 9.17) is 4.42 Å². The van der Waals surface area contributed by atoms with Crippen molar-refractivity contribution in [2.45, 2.75) is 6.92 Å². The van der Waals surface area contributed by atoms with Gasteiger partial charge in [-0.3, -0.25) is 14.9 Å². The van der Waals surface area contributed by atoms with Crippen molar-refractivity contribution in [3.05, 3.63) is 88.2 Å². The predicted octanol–water partition coefficient (Wildman–Crippen LogP) is 4.82.